The van der Waals surface area contributed by atoms with Crippen LogP contribution in [0.2, 0.25) is 0 Å². The first kappa shape index (κ1) is 12.8. The van der Waals surface area contributed by atoms with Crippen LogP contribution >= 0.6 is 0 Å². The van der Waals surface area contributed by atoms with Crippen molar-refractivity contribution in [2.45, 2.75) is 41.5 Å². The Kier molecular flexibility index (Phi) is 3.67. The van der Waals surface area contributed by atoms with E-state index in [9.17, 15) is 0 Å². The maximum atomic E-state index is 8.17. The number of rotatable bonds is 0. The van der Waals surface area contributed by atoms with E-state index >= 15 is 0 Å². The van der Waals surface area contributed by atoms with Crippen LogP contribution in [-0.4, -0.2) is 0 Å². The van der Waals surface area contributed by atoms with Crippen molar-refractivity contribution in [3.63, 3.8) is 0 Å². The SMILES string of the molecule is [3H]C1=C(C#[C-])C(C)(C)C(C)=C(C)C1(C)C.[W]. The fraction of sp³-hybridized carbons (Fsp3) is 0.571. The van der Waals surface area contributed by atoms with Gasteiger partial charge in [-0.3, -0.25) is 5.92 Å². The van der Waals surface area contributed by atoms with Crippen molar-refractivity contribution >= 4 is 0 Å². The molecule has 0 aliphatic heterocycles. The Morgan fingerprint density at radius 1 is 1.20 bits per heavy atom. The summed E-state index contributed by atoms with van der Waals surface area (Å²) in [6.45, 7) is 12.4. The van der Waals surface area contributed by atoms with Crippen LogP contribution in [0.1, 0.15) is 42.9 Å². The molecule has 0 heterocycles. The predicted molar refractivity (Wildman–Crippen MR) is 61.2 cm³/mol. The largest absolute Gasteiger partial charge is 0.366 e. The molecule has 15 heavy (non-hydrogen) atoms. The molecular weight excluding hydrogens is 352 g/mol. The van der Waals surface area contributed by atoms with Crippen LogP contribution in [0.4, 0.5) is 0 Å². The fourth-order valence-electron chi connectivity index (χ4n) is 1.88. The van der Waals surface area contributed by atoms with Gasteiger partial charge in [-0.05, 0) is 24.7 Å². The van der Waals surface area contributed by atoms with Crippen molar-refractivity contribution in [1.82, 2.24) is 0 Å². The van der Waals surface area contributed by atoms with Crippen molar-refractivity contribution in [1.29, 1.82) is 0 Å². The molecule has 0 aromatic carbocycles. The molecule has 0 nitrogen and oxygen atoms in total. The normalized spacial score (nSPS) is 24.2. The average molecular weight is 373 g/mol. The standard InChI is InChI=1S/C14H19.W/c1-8-12-9-13(4,5)10(2)11(3)14(12,6)7;/h9H,2-7H3;/q-1;/i9T;. The summed E-state index contributed by atoms with van der Waals surface area (Å²) in [5.41, 5.74) is 2.74. The first-order chi connectivity index (χ1) is 6.67. The van der Waals surface area contributed by atoms with E-state index in [-0.39, 0.29) is 31.9 Å². The quantitative estimate of drug-likeness (QED) is 0.343. The molecule has 1 aliphatic carbocycles. The third kappa shape index (κ3) is 2.29. The maximum Gasteiger partial charge on any atom is 0.0384 e. The van der Waals surface area contributed by atoms with Crippen molar-refractivity contribution < 1.29 is 22.4 Å². The number of hydrogen-bond acceptors (Lipinski definition) is 0. The molecule has 0 saturated carbocycles. The molecule has 0 bridgehead atoms. The van der Waals surface area contributed by atoms with E-state index in [1.54, 1.807) is 0 Å². The maximum absolute atomic E-state index is 8.17. The molecule has 0 spiro atoms. The average Bonchev–Trinajstić information content (AvgIpc) is 2.14. The Hall–Kier alpha value is -0.272. The van der Waals surface area contributed by atoms with E-state index in [0.29, 0.717) is 6.05 Å². The van der Waals surface area contributed by atoms with Crippen LogP contribution in [0.3, 0.4) is 0 Å². The summed E-state index contributed by atoms with van der Waals surface area (Å²) in [4.78, 5) is 0. The smallest absolute Gasteiger partial charge is 0.0384 e. The second-order valence-corrected chi connectivity index (χ2v) is 5.12. The molecular formula is C14H19W-. The summed E-state index contributed by atoms with van der Waals surface area (Å²) in [6.07, 6.45) is 7.37. The zero-order chi connectivity index (χ0) is 12.0. The Labute approximate surface area is 110 Å². The monoisotopic (exact) mass is 373 g/mol. The van der Waals surface area contributed by atoms with Gasteiger partial charge in [-0.25, -0.2) is 0 Å². The van der Waals surface area contributed by atoms with Crippen LogP contribution in [0, 0.1) is 23.2 Å². The molecule has 0 radical (unpaired) electrons. The fourth-order valence-corrected chi connectivity index (χ4v) is 1.88. The molecule has 1 aliphatic rings. The van der Waals surface area contributed by atoms with Crippen molar-refractivity contribution in [3.8, 4) is 5.92 Å². The van der Waals surface area contributed by atoms with Gasteiger partial charge in [-0.15, -0.1) is 11.6 Å². The number of hydrogen-bond donors (Lipinski definition) is 0. The molecule has 0 fully saturated rings. The molecule has 0 N–H and O–H groups in total. The Morgan fingerprint density at radius 2 is 1.67 bits per heavy atom. The van der Waals surface area contributed by atoms with E-state index in [2.05, 4.69) is 33.6 Å². The minimum absolute atomic E-state index is 0. The van der Waals surface area contributed by atoms with Crippen LogP contribution < -0.4 is 0 Å². The zero-order valence-electron chi connectivity index (χ0n) is 11.4. The van der Waals surface area contributed by atoms with Crippen molar-refractivity contribution in [2.24, 2.45) is 10.8 Å². The molecule has 1 rings (SSSR count). The third-order valence-electron chi connectivity index (χ3n) is 3.62. The van der Waals surface area contributed by atoms with Crippen molar-refractivity contribution in [2.75, 3.05) is 0 Å². The van der Waals surface area contributed by atoms with Crippen LogP contribution in [0.25, 0.3) is 0 Å². The third-order valence-corrected chi connectivity index (χ3v) is 3.62. The van der Waals surface area contributed by atoms with E-state index < -0.39 is 0 Å². The van der Waals surface area contributed by atoms with Gasteiger partial charge in [0.15, 0.2) is 0 Å². The van der Waals surface area contributed by atoms with E-state index in [1.807, 2.05) is 13.8 Å². The number of allylic oxidation sites excluding steroid dienone is 4. The topological polar surface area (TPSA) is 0 Å². The molecule has 0 aromatic rings. The van der Waals surface area contributed by atoms with Crippen LogP contribution in [0.15, 0.2) is 22.8 Å². The Morgan fingerprint density at radius 3 is 2.07 bits per heavy atom. The molecule has 0 amide bonds. The van der Waals surface area contributed by atoms with Gasteiger partial charge < -0.3 is 6.42 Å². The minimum atomic E-state index is -0.261. The van der Waals surface area contributed by atoms with Gasteiger partial charge in [-0.2, -0.15) is 0 Å². The van der Waals surface area contributed by atoms with Gasteiger partial charge in [0.1, 0.15) is 0 Å². The Balaban J connectivity index is 0.00000225. The molecule has 0 aromatic heterocycles. The van der Waals surface area contributed by atoms with Gasteiger partial charge in [0.05, 0.1) is 0 Å². The first-order valence-electron chi connectivity index (χ1n) is 5.50. The molecule has 1 heteroatoms. The van der Waals surface area contributed by atoms with E-state index in [1.165, 1.54) is 11.1 Å². The van der Waals surface area contributed by atoms with Gasteiger partial charge >= 0.3 is 0 Å². The molecule has 0 saturated heterocycles. The summed E-state index contributed by atoms with van der Waals surface area (Å²) in [5, 5.41) is 0. The molecule has 0 atom stereocenters. The first-order valence-corrected chi connectivity index (χ1v) is 5.00. The predicted octanol–water partition coefficient (Wildman–Crippen LogP) is 3.90. The van der Waals surface area contributed by atoms with Crippen LogP contribution in [-0.2, 0) is 21.1 Å². The van der Waals surface area contributed by atoms with E-state index in [0.717, 1.165) is 5.57 Å². The zero-order valence-corrected chi connectivity index (χ0v) is 13.3. The van der Waals surface area contributed by atoms with Crippen molar-refractivity contribution in [3.05, 3.63) is 29.2 Å². The Bertz CT molecular complexity index is 403. The summed E-state index contributed by atoms with van der Waals surface area (Å²) in [6, 6.07) is 0.533. The van der Waals surface area contributed by atoms with Gasteiger partial charge in [0.25, 0.3) is 0 Å². The summed E-state index contributed by atoms with van der Waals surface area (Å²) < 4.78 is 8.17. The minimum Gasteiger partial charge on any atom is -0.366 e. The van der Waals surface area contributed by atoms with E-state index in [4.69, 9.17) is 7.79 Å². The van der Waals surface area contributed by atoms with Gasteiger partial charge in [0, 0.05) is 22.4 Å². The summed E-state index contributed by atoms with van der Waals surface area (Å²) >= 11 is 0. The second kappa shape index (κ2) is 4.31. The summed E-state index contributed by atoms with van der Waals surface area (Å²) in [7, 11) is 0. The van der Waals surface area contributed by atoms with Gasteiger partial charge in [0.2, 0.25) is 0 Å². The van der Waals surface area contributed by atoms with Crippen LogP contribution in [0.5, 0.6) is 0 Å². The van der Waals surface area contributed by atoms with Gasteiger partial charge in [-0.1, -0.05) is 38.8 Å². The summed E-state index contributed by atoms with van der Waals surface area (Å²) in [5.74, 6) is 2.46. The molecule has 0 unspecified atom stereocenters. The molecule has 82 valence electrons. The second-order valence-electron chi connectivity index (χ2n) is 5.12.